The molecule has 0 aliphatic carbocycles. The molecule has 1 N–H and O–H groups in total. The van der Waals surface area contributed by atoms with Gasteiger partial charge >= 0.3 is 0 Å². The topological polar surface area (TPSA) is 40.5 Å². The molecule has 0 fully saturated rings. The molecule has 0 aliphatic rings. The van der Waals surface area contributed by atoms with E-state index in [9.17, 15) is 9.90 Å². The second-order valence-corrected chi connectivity index (χ2v) is 4.29. The summed E-state index contributed by atoms with van der Waals surface area (Å²) in [6, 6.07) is 5.01. The highest BCUT2D eigenvalue weighted by atomic mass is 16.3. The van der Waals surface area contributed by atoms with Gasteiger partial charge in [-0.25, -0.2) is 0 Å². The van der Waals surface area contributed by atoms with E-state index >= 15 is 0 Å². The fourth-order valence-electron chi connectivity index (χ4n) is 1.83. The van der Waals surface area contributed by atoms with Crippen LogP contribution in [0.25, 0.3) is 0 Å². The van der Waals surface area contributed by atoms with E-state index in [4.69, 9.17) is 0 Å². The van der Waals surface area contributed by atoms with Crippen molar-refractivity contribution < 1.29 is 9.90 Å². The summed E-state index contributed by atoms with van der Waals surface area (Å²) >= 11 is 0. The highest BCUT2D eigenvalue weighted by molar-refractivity contribution is 5.94. The number of benzene rings is 1. The van der Waals surface area contributed by atoms with Crippen molar-refractivity contribution in [1.29, 1.82) is 0 Å². The molecule has 3 heteroatoms. The number of hydrogen-bond acceptors (Lipinski definition) is 2. The molecule has 0 radical (unpaired) electrons. The summed E-state index contributed by atoms with van der Waals surface area (Å²) in [4.78, 5) is 14.1. The van der Waals surface area contributed by atoms with Crippen LogP contribution < -0.4 is 0 Å². The SMILES string of the molecule is CCCN(CCC)C(=O)c1ccc(O)c(C)c1. The largest absolute Gasteiger partial charge is 0.508 e. The fourth-order valence-corrected chi connectivity index (χ4v) is 1.83. The molecule has 0 unspecified atom stereocenters. The van der Waals surface area contributed by atoms with Crippen LogP contribution in [0.1, 0.15) is 42.6 Å². The van der Waals surface area contributed by atoms with Crippen LogP contribution in [0.3, 0.4) is 0 Å². The van der Waals surface area contributed by atoms with Gasteiger partial charge in [0.25, 0.3) is 5.91 Å². The Balaban J connectivity index is 2.88. The van der Waals surface area contributed by atoms with Crippen LogP contribution in [0.15, 0.2) is 18.2 Å². The number of carbonyl (C=O) groups excluding carboxylic acids is 1. The molecule has 1 aromatic rings. The molecule has 1 rings (SSSR count). The van der Waals surface area contributed by atoms with Crippen molar-refractivity contribution in [2.24, 2.45) is 0 Å². The second kappa shape index (κ2) is 6.28. The van der Waals surface area contributed by atoms with E-state index in [2.05, 4.69) is 13.8 Å². The van der Waals surface area contributed by atoms with Gasteiger partial charge in [-0.3, -0.25) is 4.79 Å². The summed E-state index contributed by atoms with van der Waals surface area (Å²) in [5.74, 6) is 0.288. The number of phenolic OH excluding ortho intramolecular Hbond substituents is 1. The van der Waals surface area contributed by atoms with Crippen LogP contribution in [0.4, 0.5) is 0 Å². The van der Waals surface area contributed by atoms with Gasteiger partial charge in [0.15, 0.2) is 0 Å². The van der Waals surface area contributed by atoms with Gasteiger partial charge in [-0.1, -0.05) is 13.8 Å². The Kier molecular flexibility index (Phi) is 5.01. The van der Waals surface area contributed by atoms with Crippen LogP contribution in [0, 0.1) is 6.92 Å². The Bertz CT molecular complexity index is 382. The van der Waals surface area contributed by atoms with Gasteiger partial charge in [-0.05, 0) is 43.5 Å². The second-order valence-electron chi connectivity index (χ2n) is 4.29. The Morgan fingerprint density at radius 3 is 2.29 bits per heavy atom. The molecular weight excluding hydrogens is 214 g/mol. The van der Waals surface area contributed by atoms with Gasteiger partial charge in [0.2, 0.25) is 0 Å². The smallest absolute Gasteiger partial charge is 0.253 e. The molecule has 0 aliphatic heterocycles. The highest BCUT2D eigenvalue weighted by Crippen LogP contribution is 2.18. The lowest BCUT2D eigenvalue weighted by Gasteiger charge is -2.21. The number of rotatable bonds is 5. The molecule has 0 atom stereocenters. The number of aryl methyl sites for hydroxylation is 1. The minimum Gasteiger partial charge on any atom is -0.508 e. The molecule has 0 spiro atoms. The summed E-state index contributed by atoms with van der Waals surface area (Å²) in [6.07, 6.45) is 1.92. The Labute approximate surface area is 103 Å². The zero-order chi connectivity index (χ0) is 12.8. The molecule has 0 heterocycles. The number of carbonyl (C=O) groups is 1. The summed E-state index contributed by atoms with van der Waals surface area (Å²) in [5.41, 5.74) is 1.39. The molecule has 17 heavy (non-hydrogen) atoms. The number of nitrogens with zero attached hydrogens (tertiary/aromatic N) is 1. The van der Waals surface area contributed by atoms with E-state index in [-0.39, 0.29) is 11.7 Å². The summed E-state index contributed by atoms with van der Waals surface area (Å²) < 4.78 is 0. The standard InChI is InChI=1S/C14H21NO2/c1-4-8-15(9-5-2)14(17)12-6-7-13(16)11(3)10-12/h6-7,10,16H,4-5,8-9H2,1-3H3. The van der Waals surface area contributed by atoms with Gasteiger partial charge in [-0.2, -0.15) is 0 Å². The molecule has 0 saturated carbocycles. The first-order valence-corrected chi connectivity index (χ1v) is 6.19. The van der Waals surface area contributed by atoms with Gasteiger partial charge in [0.1, 0.15) is 5.75 Å². The Hall–Kier alpha value is -1.51. The van der Waals surface area contributed by atoms with E-state index in [1.54, 1.807) is 25.1 Å². The lowest BCUT2D eigenvalue weighted by molar-refractivity contribution is 0.0755. The van der Waals surface area contributed by atoms with Crippen LogP contribution >= 0.6 is 0 Å². The first-order chi connectivity index (χ1) is 8.10. The molecule has 94 valence electrons. The molecular formula is C14H21NO2. The highest BCUT2D eigenvalue weighted by Gasteiger charge is 2.14. The maximum absolute atomic E-state index is 12.2. The predicted octanol–water partition coefficient (Wildman–Crippen LogP) is 2.96. The van der Waals surface area contributed by atoms with Crippen LogP contribution in [0.2, 0.25) is 0 Å². The van der Waals surface area contributed by atoms with E-state index in [1.807, 2.05) is 4.90 Å². The van der Waals surface area contributed by atoms with E-state index < -0.39 is 0 Å². The van der Waals surface area contributed by atoms with Gasteiger partial charge in [0, 0.05) is 18.7 Å². The summed E-state index contributed by atoms with van der Waals surface area (Å²) in [6.45, 7) is 7.51. The fraction of sp³-hybridized carbons (Fsp3) is 0.500. The third kappa shape index (κ3) is 3.48. The van der Waals surface area contributed by atoms with Crippen LogP contribution in [-0.4, -0.2) is 29.0 Å². The molecule has 0 saturated heterocycles. The third-order valence-electron chi connectivity index (χ3n) is 2.72. The van der Waals surface area contributed by atoms with Crippen LogP contribution in [0.5, 0.6) is 5.75 Å². The first kappa shape index (κ1) is 13.6. The maximum atomic E-state index is 12.2. The predicted molar refractivity (Wildman–Crippen MR) is 69.3 cm³/mol. The number of aromatic hydroxyl groups is 1. The van der Waals surface area contributed by atoms with E-state index in [0.29, 0.717) is 5.56 Å². The van der Waals surface area contributed by atoms with Gasteiger partial charge in [0.05, 0.1) is 0 Å². The van der Waals surface area contributed by atoms with Crippen molar-refractivity contribution in [3.8, 4) is 5.75 Å². The average molecular weight is 235 g/mol. The van der Waals surface area contributed by atoms with Gasteiger partial charge in [-0.15, -0.1) is 0 Å². The third-order valence-corrected chi connectivity index (χ3v) is 2.72. The van der Waals surface area contributed by atoms with Crippen LogP contribution in [-0.2, 0) is 0 Å². The number of amides is 1. The average Bonchev–Trinajstić information content (AvgIpc) is 2.31. The maximum Gasteiger partial charge on any atom is 0.253 e. The van der Waals surface area contributed by atoms with Crippen molar-refractivity contribution >= 4 is 5.91 Å². The van der Waals surface area contributed by atoms with Crippen molar-refractivity contribution in [3.63, 3.8) is 0 Å². The van der Waals surface area contributed by atoms with Crippen molar-refractivity contribution in [1.82, 2.24) is 4.90 Å². The Morgan fingerprint density at radius 1 is 1.24 bits per heavy atom. The van der Waals surface area contributed by atoms with E-state index in [0.717, 1.165) is 31.5 Å². The number of hydrogen-bond donors (Lipinski definition) is 1. The van der Waals surface area contributed by atoms with Gasteiger partial charge < -0.3 is 10.0 Å². The normalized spacial score (nSPS) is 10.3. The lowest BCUT2D eigenvalue weighted by atomic mass is 10.1. The zero-order valence-corrected chi connectivity index (χ0v) is 10.9. The zero-order valence-electron chi connectivity index (χ0n) is 10.9. The minimum absolute atomic E-state index is 0.0526. The monoisotopic (exact) mass is 235 g/mol. The van der Waals surface area contributed by atoms with Crippen molar-refractivity contribution in [3.05, 3.63) is 29.3 Å². The number of phenols is 1. The molecule has 1 amide bonds. The molecule has 1 aromatic carbocycles. The molecule has 0 aromatic heterocycles. The van der Waals surface area contributed by atoms with E-state index in [1.165, 1.54) is 0 Å². The minimum atomic E-state index is 0.0526. The molecule has 3 nitrogen and oxygen atoms in total. The lowest BCUT2D eigenvalue weighted by Crippen LogP contribution is -2.32. The first-order valence-electron chi connectivity index (χ1n) is 6.19. The summed E-state index contributed by atoms with van der Waals surface area (Å²) in [7, 11) is 0. The molecule has 0 bridgehead atoms. The summed E-state index contributed by atoms with van der Waals surface area (Å²) in [5, 5.41) is 9.45. The Morgan fingerprint density at radius 2 is 1.82 bits per heavy atom. The van der Waals surface area contributed by atoms with Crippen molar-refractivity contribution in [2.45, 2.75) is 33.6 Å². The van der Waals surface area contributed by atoms with Crippen molar-refractivity contribution in [2.75, 3.05) is 13.1 Å². The quantitative estimate of drug-likeness (QED) is 0.852.